The van der Waals surface area contributed by atoms with Gasteiger partial charge in [-0.3, -0.25) is 14.4 Å². The van der Waals surface area contributed by atoms with Crippen molar-refractivity contribution >= 4 is 29.3 Å². The van der Waals surface area contributed by atoms with Crippen LogP contribution < -0.4 is 5.32 Å². The molecular weight excluding hydrogens is 511 g/mol. The van der Waals surface area contributed by atoms with E-state index in [2.05, 4.69) is 15.3 Å². The topological polar surface area (TPSA) is 79.7 Å². The summed E-state index contributed by atoms with van der Waals surface area (Å²) in [4.78, 5) is 29.7. The van der Waals surface area contributed by atoms with Gasteiger partial charge >= 0.3 is 12.3 Å². The minimum absolute atomic E-state index is 0.132. The second-order valence-electron chi connectivity index (χ2n) is 11.0. The van der Waals surface area contributed by atoms with Gasteiger partial charge in [0.05, 0.1) is 28.2 Å². The third-order valence-corrected chi connectivity index (χ3v) is 7.58. The lowest BCUT2D eigenvalue weighted by Crippen LogP contribution is -2.60. The average Bonchev–Trinajstić information content (AvgIpc) is 3.27. The molecule has 1 N–H and O–H groups in total. The highest BCUT2D eigenvalue weighted by molar-refractivity contribution is 6.33. The molecule has 12 heteroatoms. The first-order chi connectivity index (χ1) is 17.3. The molecule has 0 spiro atoms. The van der Waals surface area contributed by atoms with Crippen LogP contribution in [0.25, 0.3) is 0 Å². The highest BCUT2D eigenvalue weighted by Crippen LogP contribution is 2.43. The molecule has 3 heterocycles. The first-order valence-electron chi connectivity index (χ1n) is 12.2. The maximum absolute atomic E-state index is 13.4. The number of nitrogens with one attached hydrogen (secondary N) is 1. The fourth-order valence-electron chi connectivity index (χ4n) is 5.04. The maximum atomic E-state index is 13.4. The standard InChI is InChI=1S/C25H29ClF3N5O3/c1-23(2,3)37-22(36)33-12-17(13-33)32-11-15-10-30-34(20(15)14-32)24(7-4-8-24)21(35)31-19-6-5-16(9-18(19)26)25(27,28)29/h5-6,9-10,17H,4,7-8,11-14H2,1-3H3,(H,31,35). The Bertz CT molecular complexity index is 1230. The summed E-state index contributed by atoms with van der Waals surface area (Å²) in [7, 11) is 0. The number of rotatable bonds is 4. The Hall–Kier alpha value is -2.79. The fourth-order valence-corrected chi connectivity index (χ4v) is 5.27. The molecule has 1 aliphatic carbocycles. The SMILES string of the molecule is CC(C)(C)OC(=O)N1CC(N2Cc3cnn(C4(C(=O)Nc5ccc(C(F)(F)F)cc5Cl)CCC4)c3C2)C1. The van der Waals surface area contributed by atoms with Crippen LogP contribution in [-0.2, 0) is 34.3 Å². The predicted octanol–water partition coefficient (Wildman–Crippen LogP) is 5.01. The Balaban J connectivity index is 1.27. The second kappa shape index (κ2) is 8.90. The number of nitrogens with zero attached hydrogens (tertiary/aromatic N) is 4. The van der Waals surface area contributed by atoms with Crippen LogP contribution in [0.2, 0.25) is 5.02 Å². The summed E-state index contributed by atoms with van der Waals surface area (Å²) in [6.07, 6.45) is -1.09. The number of alkyl halides is 3. The van der Waals surface area contributed by atoms with E-state index in [9.17, 15) is 22.8 Å². The summed E-state index contributed by atoms with van der Waals surface area (Å²) in [6, 6.07) is 3.08. The normalized spacial score (nSPS) is 19.7. The van der Waals surface area contributed by atoms with Gasteiger partial charge in [0.15, 0.2) is 0 Å². The van der Waals surface area contributed by atoms with Crippen molar-refractivity contribution in [2.24, 2.45) is 0 Å². The van der Waals surface area contributed by atoms with E-state index in [0.717, 1.165) is 29.8 Å². The van der Waals surface area contributed by atoms with Crippen LogP contribution in [0.1, 0.15) is 56.9 Å². The molecule has 2 aromatic rings. The van der Waals surface area contributed by atoms with Crippen LogP contribution in [0.5, 0.6) is 0 Å². The van der Waals surface area contributed by atoms with Gasteiger partial charge in [0, 0.05) is 37.8 Å². The lowest BCUT2D eigenvalue weighted by Gasteiger charge is -2.44. The third-order valence-electron chi connectivity index (χ3n) is 7.27. The van der Waals surface area contributed by atoms with Gasteiger partial charge in [-0.05, 0) is 58.2 Å². The minimum atomic E-state index is -4.52. The highest BCUT2D eigenvalue weighted by atomic mass is 35.5. The molecule has 5 rings (SSSR count). The number of carbonyl (C=O) groups excluding carboxylic acids is 2. The van der Waals surface area contributed by atoms with Gasteiger partial charge in [-0.1, -0.05) is 11.6 Å². The van der Waals surface area contributed by atoms with E-state index in [1.807, 2.05) is 20.8 Å². The van der Waals surface area contributed by atoms with Gasteiger partial charge in [0.1, 0.15) is 11.1 Å². The molecule has 0 bridgehead atoms. The number of anilines is 1. The van der Waals surface area contributed by atoms with Crippen molar-refractivity contribution in [2.75, 3.05) is 18.4 Å². The Morgan fingerprint density at radius 3 is 2.43 bits per heavy atom. The molecule has 0 atom stereocenters. The largest absolute Gasteiger partial charge is 0.444 e. The van der Waals surface area contributed by atoms with Crippen LogP contribution in [0, 0.1) is 0 Å². The summed E-state index contributed by atoms with van der Waals surface area (Å²) in [5.41, 5.74) is -0.227. The van der Waals surface area contributed by atoms with Gasteiger partial charge in [-0.2, -0.15) is 18.3 Å². The molecule has 2 amide bonds. The van der Waals surface area contributed by atoms with Gasteiger partial charge in [0.25, 0.3) is 5.91 Å². The molecule has 1 aromatic carbocycles. The number of halogens is 4. The Kier molecular flexibility index (Phi) is 6.22. The highest BCUT2D eigenvalue weighted by Gasteiger charge is 2.50. The van der Waals surface area contributed by atoms with E-state index in [1.165, 1.54) is 6.07 Å². The van der Waals surface area contributed by atoms with E-state index in [-0.39, 0.29) is 28.8 Å². The van der Waals surface area contributed by atoms with Crippen LogP contribution >= 0.6 is 11.6 Å². The van der Waals surface area contributed by atoms with Gasteiger partial charge in [-0.15, -0.1) is 0 Å². The minimum Gasteiger partial charge on any atom is -0.444 e. The van der Waals surface area contributed by atoms with E-state index in [0.29, 0.717) is 39.0 Å². The van der Waals surface area contributed by atoms with Gasteiger partial charge in [-0.25, -0.2) is 4.79 Å². The summed E-state index contributed by atoms with van der Waals surface area (Å²) < 4.78 is 46.2. The molecule has 3 aliphatic rings. The Morgan fingerprint density at radius 2 is 1.86 bits per heavy atom. The van der Waals surface area contributed by atoms with Crippen molar-refractivity contribution < 1.29 is 27.5 Å². The van der Waals surface area contributed by atoms with Crippen molar-refractivity contribution in [1.29, 1.82) is 0 Å². The zero-order valence-corrected chi connectivity index (χ0v) is 21.6. The van der Waals surface area contributed by atoms with E-state index < -0.39 is 22.9 Å². The second-order valence-corrected chi connectivity index (χ2v) is 11.4. The number of fused-ring (bicyclic) bond motifs is 1. The molecule has 1 saturated heterocycles. The van der Waals surface area contributed by atoms with Crippen LogP contribution in [0.3, 0.4) is 0 Å². The third kappa shape index (κ3) is 4.79. The van der Waals surface area contributed by atoms with Crippen molar-refractivity contribution in [1.82, 2.24) is 19.6 Å². The number of ether oxygens (including phenoxy) is 1. The van der Waals surface area contributed by atoms with Crippen LogP contribution in [0.4, 0.5) is 23.7 Å². The molecule has 2 fully saturated rings. The summed E-state index contributed by atoms with van der Waals surface area (Å²) >= 11 is 6.07. The summed E-state index contributed by atoms with van der Waals surface area (Å²) in [6.45, 7) is 7.92. The van der Waals surface area contributed by atoms with Crippen molar-refractivity contribution in [3.63, 3.8) is 0 Å². The number of aromatic nitrogens is 2. The quantitative estimate of drug-likeness (QED) is 0.591. The van der Waals surface area contributed by atoms with Gasteiger partial charge < -0.3 is 15.0 Å². The zero-order valence-electron chi connectivity index (χ0n) is 20.9. The molecule has 1 aromatic heterocycles. The fraction of sp³-hybridized carbons (Fsp3) is 0.560. The van der Waals surface area contributed by atoms with Crippen LogP contribution in [-0.4, -0.2) is 56.3 Å². The number of hydrogen-bond donors (Lipinski definition) is 1. The molecule has 1 saturated carbocycles. The maximum Gasteiger partial charge on any atom is 0.416 e. The monoisotopic (exact) mass is 539 g/mol. The molecule has 8 nitrogen and oxygen atoms in total. The van der Waals surface area contributed by atoms with E-state index in [1.54, 1.807) is 15.8 Å². The number of carbonyl (C=O) groups is 2. The first-order valence-corrected chi connectivity index (χ1v) is 12.6. The van der Waals surface area contributed by atoms with Crippen molar-refractivity contribution in [3.05, 3.63) is 46.2 Å². The molecular formula is C25H29ClF3N5O3. The molecule has 0 radical (unpaired) electrons. The number of likely N-dealkylation sites (tertiary alicyclic amines) is 1. The molecule has 2 aliphatic heterocycles. The molecule has 0 unspecified atom stereocenters. The lowest BCUT2D eigenvalue weighted by molar-refractivity contribution is -0.137. The van der Waals surface area contributed by atoms with Crippen LogP contribution in [0.15, 0.2) is 24.4 Å². The van der Waals surface area contributed by atoms with Crippen molar-refractivity contribution in [3.8, 4) is 0 Å². The first kappa shape index (κ1) is 25.8. The Labute approximate surface area is 217 Å². The smallest absolute Gasteiger partial charge is 0.416 e. The summed E-state index contributed by atoms with van der Waals surface area (Å²) in [5, 5.41) is 7.11. The Morgan fingerprint density at radius 1 is 1.16 bits per heavy atom. The summed E-state index contributed by atoms with van der Waals surface area (Å²) in [5.74, 6) is -0.343. The number of benzene rings is 1. The lowest BCUT2D eigenvalue weighted by atomic mass is 9.75. The number of hydrogen-bond acceptors (Lipinski definition) is 5. The van der Waals surface area contributed by atoms with E-state index in [4.69, 9.17) is 16.3 Å². The average molecular weight is 540 g/mol. The zero-order chi connectivity index (χ0) is 26.8. The molecule has 200 valence electrons. The van der Waals surface area contributed by atoms with E-state index >= 15 is 0 Å². The predicted molar refractivity (Wildman–Crippen MR) is 130 cm³/mol. The number of amides is 2. The molecule has 37 heavy (non-hydrogen) atoms. The van der Waals surface area contributed by atoms with Crippen molar-refractivity contribution in [2.45, 2.75) is 76.5 Å². The van der Waals surface area contributed by atoms with Gasteiger partial charge in [0.2, 0.25) is 0 Å².